The lowest BCUT2D eigenvalue weighted by atomic mass is 10.2. The Labute approximate surface area is 163 Å². The number of nitrogens with zero attached hydrogens (tertiary/aromatic N) is 2. The Morgan fingerprint density at radius 2 is 2.07 bits per heavy atom. The van der Waals surface area contributed by atoms with Crippen molar-refractivity contribution in [1.82, 2.24) is 0 Å². The fourth-order valence-electron chi connectivity index (χ4n) is 3.37. The van der Waals surface area contributed by atoms with E-state index in [-0.39, 0.29) is 23.4 Å². The maximum absolute atomic E-state index is 12.7. The van der Waals surface area contributed by atoms with Crippen LogP contribution in [0.4, 0.5) is 17.2 Å². The maximum atomic E-state index is 12.7. The number of pyridine rings is 1. The lowest BCUT2D eigenvalue weighted by Crippen LogP contribution is -3.19. The maximum Gasteiger partial charge on any atom is 0.282 e. The molecule has 1 aliphatic rings. The number of anilines is 2. The van der Waals surface area contributed by atoms with E-state index in [9.17, 15) is 14.9 Å². The fraction of sp³-hybridized carbons (Fsp3) is 0.368. The molecule has 1 aliphatic heterocycles. The number of nitrogens with one attached hydrogen (secondary N) is 3. The molecule has 28 heavy (non-hydrogen) atoms. The second-order valence-electron chi connectivity index (χ2n) is 6.75. The van der Waals surface area contributed by atoms with E-state index in [2.05, 4.69) is 15.2 Å². The van der Waals surface area contributed by atoms with Crippen LogP contribution in [0.5, 0.6) is 5.75 Å². The van der Waals surface area contributed by atoms with Crippen molar-refractivity contribution >= 4 is 23.1 Å². The third-order valence-corrected chi connectivity index (χ3v) is 5.10. The van der Waals surface area contributed by atoms with Gasteiger partial charge in [0.2, 0.25) is 0 Å². The van der Waals surface area contributed by atoms with E-state index in [1.165, 1.54) is 30.2 Å². The number of rotatable bonds is 6. The average molecular weight is 387 g/mol. The molecule has 1 aromatic carbocycles. The summed E-state index contributed by atoms with van der Waals surface area (Å²) >= 11 is 0. The topological polar surface area (TPSA) is 103 Å². The summed E-state index contributed by atoms with van der Waals surface area (Å²) in [6.07, 6.45) is 1.90. The van der Waals surface area contributed by atoms with Crippen LogP contribution in [0, 0.1) is 10.1 Å². The minimum Gasteiger partial charge on any atom is -0.494 e. The molecule has 1 saturated heterocycles. The quantitative estimate of drug-likeness (QED) is 0.543. The Morgan fingerprint density at radius 3 is 2.68 bits per heavy atom. The number of hydrogen-bond acceptors (Lipinski definition) is 5. The Hall–Kier alpha value is -3.20. The van der Waals surface area contributed by atoms with Crippen molar-refractivity contribution in [3.05, 3.63) is 52.7 Å². The highest BCUT2D eigenvalue weighted by molar-refractivity contribution is 5.95. The number of quaternary nitrogens is 1. The van der Waals surface area contributed by atoms with Gasteiger partial charge in [-0.2, -0.15) is 0 Å². The van der Waals surface area contributed by atoms with Gasteiger partial charge in [0.15, 0.2) is 6.04 Å². The summed E-state index contributed by atoms with van der Waals surface area (Å²) in [6.45, 7) is 5.29. The highest BCUT2D eigenvalue weighted by Crippen LogP contribution is 2.28. The van der Waals surface area contributed by atoms with Crippen LogP contribution >= 0.6 is 0 Å². The molecule has 2 heterocycles. The van der Waals surface area contributed by atoms with Gasteiger partial charge in [0.05, 0.1) is 30.0 Å². The van der Waals surface area contributed by atoms with Gasteiger partial charge in [-0.1, -0.05) is 6.07 Å². The molecule has 1 atom stereocenters. The first kappa shape index (κ1) is 19.6. The summed E-state index contributed by atoms with van der Waals surface area (Å²) < 4.78 is 5.19. The van der Waals surface area contributed by atoms with Crippen molar-refractivity contribution < 1.29 is 24.3 Å². The Balaban J connectivity index is 1.60. The highest BCUT2D eigenvalue weighted by atomic mass is 16.6. The first-order valence-corrected chi connectivity index (χ1v) is 9.19. The van der Waals surface area contributed by atoms with Gasteiger partial charge in [-0.15, -0.1) is 0 Å². The standard InChI is InChI=1S/C19H23N5O4/c1-14(22-9-11-23(12-10-22)18-5-3-4-8-20-18)19(25)21-16-7-6-15(24(26)27)13-17(16)28-2/h3-8,13-14H,9-12H2,1-2H3,(H,21,25)/p+2/t14-/m1/s1. The number of carbonyl (C=O) groups excluding carboxylic acids is 1. The number of amides is 1. The molecule has 0 bridgehead atoms. The van der Waals surface area contributed by atoms with E-state index in [0.717, 1.165) is 32.0 Å². The van der Waals surface area contributed by atoms with Crippen LogP contribution in [-0.2, 0) is 4.79 Å². The zero-order valence-electron chi connectivity index (χ0n) is 16.0. The van der Waals surface area contributed by atoms with Crippen LogP contribution in [0.15, 0.2) is 42.6 Å². The van der Waals surface area contributed by atoms with E-state index >= 15 is 0 Å². The minimum absolute atomic E-state index is 0.0811. The lowest BCUT2D eigenvalue weighted by molar-refractivity contribution is -0.914. The minimum atomic E-state index is -0.495. The molecule has 148 valence electrons. The van der Waals surface area contributed by atoms with Crippen LogP contribution in [0.1, 0.15) is 6.92 Å². The number of nitro benzene ring substituents is 1. The summed E-state index contributed by atoms with van der Waals surface area (Å²) in [5, 5.41) is 13.7. The molecule has 0 saturated carbocycles. The van der Waals surface area contributed by atoms with Gasteiger partial charge in [-0.05, 0) is 19.1 Å². The SMILES string of the molecule is COc1cc([N+](=O)[O-])ccc1NC(=O)[C@@H](C)[NH+]1CCN(c2cccc[nH+]2)CC1. The van der Waals surface area contributed by atoms with E-state index in [0.29, 0.717) is 5.69 Å². The van der Waals surface area contributed by atoms with Gasteiger partial charge in [0, 0.05) is 12.1 Å². The number of aromatic amines is 1. The number of methoxy groups -OCH3 is 1. The lowest BCUT2D eigenvalue weighted by Gasteiger charge is -2.31. The Kier molecular flexibility index (Phi) is 6.05. The van der Waals surface area contributed by atoms with Crippen LogP contribution in [0.25, 0.3) is 0 Å². The summed E-state index contributed by atoms with van der Waals surface area (Å²) in [5.74, 6) is 1.21. The van der Waals surface area contributed by atoms with E-state index < -0.39 is 4.92 Å². The number of benzene rings is 1. The van der Waals surface area contributed by atoms with Crippen molar-refractivity contribution in [2.24, 2.45) is 0 Å². The van der Waals surface area contributed by atoms with Crippen LogP contribution in [-0.4, -0.2) is 50.2 Å². The number of aromatic nitrogens is 1. The molecule has 0 unspecified atom stereocenters. The number of carbonyl (C=O) groups is 1. The van der Waals surface area contributed by atoms with E-state index in [1.54, 1.807) is 0 Å². The second-order valence-corrected chi connectivity index (χ2v) is 6.75. The predicted octanol–water partition coefficient (Wildman–Crippen LogP) is 0.150. The number of hydrogen-bond donors (Lipinski definition) is 2. The summed E-state index contributed by atoms with van der Waals surface area (Å²) in [5.41, 5.74) is 0.351. The molecular weight excluding hydrogens is 362 g/mol. The summed E-state index contributed by atoms with van der Waals surface area (Å²) in [4.78, 5) is 29.8. The number of nitro groups is 1. The molecule has 3 rings (SSSR count). The smallest absolute Gasteiger partial charge is 0.282 e. The van der Waals surface area contributed by atoms with Crippen molar-refractivity contribution in [1.29, 1.82) is 0 Å². The average Bonchev–Trinajstić information content (AvgIpc) is 2.74. The van der Waals surface area contributed by atoms with Crippen LogP contribution in [0.3, 0.4) is 0 Å². The van der Waals surface area contributed by atoms with E-state index in [1.807, 2.05) is 31.3 Å². The zero-order chi connectivity index (χ0) is 20.1. The zero-order valence-corrected chi connectivity index (χ0v) is 16.0. The first-order chi connectivity index (χ1) is 13.5. The summed E-state index contributed by atoms with van der Waals surface area (Å²) in [6, 6.07) is 9.90. The van der Waals surface area contributed by atoms with Gasteiger partial charge >= 0.3 is 0 Å². The van der Waals surface area contributed by atoms with Gasteiger partial charge in [0.25, 0.3) is 17.4 Å². The van der Waals surface area contributed by atoms with Gasteiger partial charge in [-0.25, -0.2) is 4.98 Å². The molecule has 0 spiro atoms. The van der Waals surface area contributed by atoms with Gasteiger partial charge in [0.1, 0.15) is 31.9 Å². The monoisotopic (exact) mass is 387 g/mol. The molecule has 0 radical (unpaired) electrons. The van der Waals surface area contributed by atoms with Gasteiger partial charge in [-0.3, -0.25) is 19.8 Å². The first-order valence-electron chi connectivity index (χ1n) is 9.19. The van der Waals surface area contributed by atoms with Crippen molar-refractivity contribution in [3.63, 3.8) is 0 Å². The third kappa shape index (κ3) is 4.37. The van der Waals surface area contributed by atoms with Crippen LogP contribution in [0.2, 0.25) is 0 Å². The van der Waals surface area contributed by atoms with Crippen molar-refractivity contribution in [3.8, 4) is 5.75 Å². The number of piperazine rings is 1. The molecule has 2 aromatic rings. The number of ether oxygens (including phenoxy) is 1. The Morgan fingerprint density at radius 1 is 1.32 bits per heavy atom. The molecule has 9 nitrogen and oxygen atoms in total. The third-order valence-electron chi connectivity index (χ3n) is 5.10. The molecular formula is C19H25N5O4+2. The largest absolute Gasteiger partial charge is 0.494 e. The molecule has 1 aromatic heterocycles. The van der Waals surface area contributed by atoms with Crippen LogP contribution < -0.4 is 24.8 Å². The predicted molar refractivity (Wildman–Crippen MR) is 104 cm³/mol. The highest BCUT2D eigenvalue weighted by Gasteiger charge is 2.32. The fourth-order valence-corrected chi connectivity index (χ4v) is 3.37. The number of H-pyrrole nitrogens is 1. The van der Waals surface area contributed by atoms with Gasteiger partial charge < -0.3 is 15.0 Å². The van der Waals surface area contributed by atoms with Crippen molar-refractivity contribution in [2.45, 2.75) is 13.0 Å². The second kappa shape index (κ2) is 8.66. The molecule has 1 fully saturated rings. The number of non-ortho nitro benzene ring substituents is 1. The normalized spacial score (nSPS) is 15.7. The van der Waals surface area contributed by atoms with Crippen molar-refractivity contribution in [2.75, 3.05) is 43.5 Å². The van der Waals surface area contributed by atoms with E-state index in [4.69, 9.17) is 4.74 Å². The Bertz CT molecular complexity index is 837. The summed E-state index contributed by atoms with van der Waals surface area (Å²) in [7, 11) is 1.42. The molecule has 0 aliphatic carbocycles. The molecule has 1 amide bonds. The molecule has 3 N–H and O–H groups in total. The molecule has 9 heteroatoms.